The zero-order chi connectivity index (χ0) is 9.52. The van der Waals surface area contributed by atoms with E-state index in [4.69, 9.17) is 5.11 Å². The third-order valence-corrected chi connectivity index (χ3v) is 2.42. The van der Waals surface area contributed by atoms with Crippen molar-refractivity contribution in [3.05, 3.63) is 18.3 Å². The largest absolute Gasteiger partial charge is 0.396 e. The van der Waals surface area contributed by atoms with Gasteiger partial charge >= 0.3 is 0 Å². The molecule has 0 aliphatic rings. The molecule has 4 heteroatoms. The Balaban J connectivity index is 2.56. The highest BCUT2D eigenvalue weighted by molar-refractivity contribution is 7.99. The number of hydrogen-bond donors (Lipinski definition) is 2. The minimum Gasteiger partial charge on any atom is -0.396 e. The topological polar surface area (TPSA) is 45.1 Å². The molecule has 0 amide bonds. The summed E-state index contributed by atoms with van der Waals surface area (Å²) in [6.07, 6.45) is 1.78. The molecule has 72 valence electrons. The Bertz CT molecular complexity index is 255. The normalized spacial score (nSPS) is 10.0. The second-order valence-corrected chi connectivity index (χ2v) is 3.65. The first kappa shape index (κ1) is 10.3. The van der Waals surface area contributed by atoms with E-state index in [1.54, 1.807) is 18.0 Å². The molecule has 0 atom stereocenters. The Labute approximate surface area is 82.6 Å². The van der Waals surface area contributed by atoms with Crippen molar-refractivity contribution in [1.29, 1.82) is 0 Å². The Morgan fingerprint density at radius 1 is 1.62 bits per heavy atom. The van der Waals surface area contributed by atoms with Crippen LogP contribution < -0.4 is 5.32 Å². The van der Waals surface area contributed by atoms with E-state index in [9.17, 15) is 0 Å². The van der Waals surface area contributed by atoms with Crippen LogP contribution in [0.4, 0.5) is 5.82 Å². The van der Waals surface area contributed by atoms with E-state index in [0.717, 1.165) is 23.0 Å². The van der Waals surface area contributed by atoms with Crippen molar-refractivity contribution in [2.24, 2.45) is 0 Å². The predicted octanol–water partition coefficient (Wildman–Crippen LogP) is 1.60. The lowest BCUT2D eigenvalue weighted by Crippen LogP contribution is -1.98. The van der Waals surface area contributed by atoms with Gasteiger partial charge in [0, 0.05) is 23.4 Å². The SMILES string of the molecule is CCNc1cc(SCCO)ccn1. The lowest BCUT2D eigenvalue weighted by molar-refractivity contribution is 0.322. The summed E-state index contributed by atoms with van der Waals surface area (Å²) in [5.74, 6) is 1.63. The van der Waals surface area contributed by atoms with Crippen LogP contribution in [0.1, 0.15) is 6.92 Å². The molecule has 0 spiro atoms. The van der Waals surface area contributed by atoms with Crippen LogP contribution in [0.5, 0.6) is 0 Å². The first-order valence-electron chi connectivity index (χ1n) is 4.30. The minimum absolute atomic E-state index is 0.212. The number of hydrogen-bond acceptors (Lipinski definition) is 4. The van der Waals surface area contributed by atoms with E-state index >= 15 is 0 Å². The lowest BCUT2D eigenvalue weighted by atomic mass is 10.4. The maximum absolute atomic E-state index is 8.65. The first-order valence-corrected chi connectivity index (χ1v) is 5.29. The fraction of sp³-hybridized carbons (Fsp3) is 0.444. The molecule has 0 aromatic carbocycles. The van der Waals surface area contributed by atoms with Crippen LogP contribution in [0.15, 0.2) is 23.2 Å². The summed E-state index contributed by atoms with van der Waals surface area (Å²) < 4.78 is 0. The highest BCUT2D eigenvalue weighted by atomic mass is 32.2. The zero-order valence-electron chi connectivity index (χ0n) is 7.66. The second kappa shape index (κ2) is 5.83. The Hall–Kier alpha value is -0.740. The third-order valence-electron chi connectivity index (χ3n) is 1.45. The quantitative estimate of drug-likeness (QED) is 0.705. The van der Waals surface area contributed by atoms with Gasteiger partial charge in [-0.3, -0.25) is 0 Å². The molecule has 13 heavy (non-hydrogen) atoms. The fourth-order valence-corrected chi connectivity index (χ4v) is 1.62. The summed E-state index contributed by atoms with van der Waals surface area (Å²) in [5, 5.41) is 11.8. The van der Waals surface area contributed by atoms with E-state index in [1.807, 2.05) is 19.1 Å². The monoisotopic (exact) mass is 198 g/mol. The Kier molecular flexibility index (Phi) is 4.64. The standard InChI is InChI=1S/C9H14N2OS/c1-2-10-9-7-8(3-4-11-9)13-6-5-12/h3-4,7,12H,2,5-6H2,1H3,(H,10,11). The summed E-state index contributed by atoms with van der Waals surface area (Å²) in [4.78, 5) is 5.29. The Morgan fingerprint density at radius 3 is 3.15 bits per heavy atom. The van der Waals surface area contributed by atoms with Gasteiger partial charge in [-0.15, -0.1) is 11.8 Å². The fourth-order valence-electron chi connectivity index (χ4n) is 0.942. The first-order chi connectivity index (χ1) is 6.36. The molecule has 0 saturated carbocycles. The van der Waals surface area contributed by atoms with Gasteiger partial charge in [0.2, 0.25) is 0 Å². The lowest BCUT2D eigenvalue weighted by Gasteiger charge is -2.03. The average molecular weight is 198 g/mol. The van der Waals surface area contributed by atoms with Gasteiger partial charge < -0.3 is 10.4 Å². The van der Waals surface area contributed by atoms with Crippen molar-refractivity contribution < 1.29 is 5.11 Å². The maximum Gasteiger partial charge on any atom is 0.126 e. The van der Waals surface area contributed by atoms with Crippen molar-refractivity contribution in [2.75, 3.05) is 24.2 Å². The van der Waals surface area contributed by atoms with Crippen LogP contribution >= 0.6 is 11.8 Å². The molecule has 3 nitrogen and oxygen atoms in total. The van der Waals surface area contributed by atoms with Gasteiger partial charge in [-0.05, 0) is 19.1 Å². The number of aliphatic hydroxyl groups excluding tert-OH is 1. The average Bonchev–Trinajstić information content (AvgIpc) is 2.16. The molecular formula is C9H14N2OS. The molecule has 1 aromatic rings. The molecule has 0 fully saturated rings. The number of anilines is 1. The number of rotatable bonds is 5. The molecule has 1 heterocycles. The molecule has 0 aliphatic carbocycles. The summed E-state index contributed by atoms with van der Waals surface area (Å²) in [5.41, 5.74) is 0. The van der Waals surface area contributed by atoms with Crippen molar-refractivity contribution in [3.8, 4) is 0 Å². The van der Waals surface area contributed by atoms with Crippen LogP contribution in [-0.2, 0) is 0 Å². The number of nitrogens with one attached hydrogen (secondary N) is 1. The van der Waals surface area contributed by atoms with Crippen LogP contribution in [0.3, 0.4) is 0 Å². The van der Waals surface area contributed by atoms with Crippen molar-refractivity contribution in [3.63, 3.8) is 0 Å². The van der Waals surface area contributed by atoms with Gasteiger partial charge in [-0.25, -0.2) is 4.98 Å². The molecule has 0 unspecified atom stereocenters. The van der Waals surface area contributed by atoms with Gasteiger partial charge in [0.05, 0.1) is 6.61 Å². The summed E-state index contributed by atoms with van der Waals surface area (Å²) in [6, 6.07) is 3.94. The number of pyridine rings is 1. The maximum atomic E-state index is 8.65. The van der Waals surface area contributed by atoms with E-state index in [2.05, 4.69) is 10.3 Å². The van der Waals surface area contributed by atoms with Gasteiger partial charge in [-0.1, -0.05) is 0 Å². The molecule has 0 radical (unpaired) electrons. The van der Waals surface area contributed by atoms with E-state index in [1.165, 1.54) is 0 Å². The van der Waals surface area contributed by atoms with Gasteiger partial charge in [0.15, 0.2) is 0 Å². The smallest absolute Gasteiger partial charge is 0.126 e. The summed E-state index contributed by atoms with van der Waals surface area (Å²) >= 11 is 1.63. The summed E-state index contributed by atoms with van der Waals surface area (Å²) in [6.45, 7) is 3.12. The highest BCUT2D eigenvalue weighted by Gasteiger charge is 1.95. The summed E-state index contributed by atoms with van der Waals surface area (Å²) in [7, 11) is 0. The van der Waals surface area contributed by atoms with Gasteiger partial charge in [-0.2, -0.15) is 0 Å². The van der Waals surface area contributed by atoms with E-state index in [-0.39, 0.29) is 6.61 Å². The van der Waals surface area contributed by atoms with Gasteiger partial charge in [0.1, 0.15) is 5.82 Å². The highest BCUT2D eigenvalue weighted by Crippen LogP contribution is 2.19. The molecule has 1 rings (SSSR count). The van der Waals surface area contributed by atoms with Crippen molar-refractivity contribution in [1.82, 2.24) is 4.98 Å². The number of aromatic nitrogens is 1. The Morgan fingerprint density at radius 2 is 2.46 bits per heavy atom. The molecule has 1 aromatic heterocycles. The number of aliphatic hydroxyl groups is 1. The molecule has 0 aliphatic heterocycles. The number of thioether (sulfide) groups is 1. The van der Waals surface area contributed by atoms with E-state index < -0.39 is 0 Å². The van der Waals surface area contributed by atoms with Crippen molar-refractivity contribution in [2.45, 2.75) is 11.8 Å². The second-order valence-electron chi connectivity index (χ2n) is 2.48. The van der Waals surface area contributed by atoms with Crippen LogP contribution in [0.2, 0.25) is 0 Å². The molecule has 0 saturated heterocycles. The molecule has 0 bridgehead atoms. The number of nitrogens with zero attached hydrogens (tertiary/aromatic N) is 1. The van der Waals surface area contributed by atoms with Gasteiger partial charge in [0.25, 0.3) is 0 Å². The van der Waals surface area contributed by atoms with Crippen LogP contribution in [0, 0.1) is 0 Å². The predicted molar refractivity (Wildman–Crippen MR) is 56.2 cm³/mol. The van der Waals surface area contributed by atoms with Crippen molar-refractivity contribution >= 4 is 17.6 Å². The molecule has 2 N–H and O–H groups in total. The van der Waals surface area contributed by atoms with E-state index in [0.29, 0.717) is 0 Å². The molecular weight excluding hydrogens is 184 g/mol. The van der Waals surface area contributed by atoms with Crippen LogP contribution in [-0.4, -0.2) is 29.0 Å². The minimum atomic E-state index is 0.212. The third kappa shape index (κ3) is 3.65. The van der Waals surface area contributed by atoms with Crippen LogP contribution in [0.25, 0.3) is 0 Å². The zero-order valence-corrected chi connectivity index (χ0v) is 8.47.